The summed E-state index contributed by atoms with van der Waals surface area (Å²) in [6.07, 6.45) is 1.64. The van der Waals surface area contributed by atoms with Crippen LogP contribution in [-0.2, 0) is 0 Å². The predicted octanol–water partition coefficient (Wildman–Crippen LogP) is 3.28. The minimum absolute atomic E-state index is 0.165. The third-order valence-corrected chi connectivity index (χ3v) is 3.42. The van der Waals surface area contributed by atoms with E-state index < -0.39 is 0 Å². The molecule has 21 heavy (non-hydrogen) atoms. The summed E-state index contributed by atoms with van der Waals surface area (Å²) in [5.74, 6) is 0.354. The number of nitrogens with one attached hydrogen (secondary N) is 1. The quantitative estimate of drug-likeness (QED) is 0.746. The minimum Gasteiger partial charge on any atom is -0.496 e. The van der Waals surface area contributed by atoms with E-state index in [1.807, 2.05) is 12.1 Å². The number of fused-ring (bicyclic) bond motifs is 1. The Morgan fingerprint density at radius 1 is 1.14 bits per heavy atom. The number of aromatic nitrogens is 1. The molecule has 3 aromatic rings. The number of rotatable bonds is 3. The van der Waals surface area contributed by atoms with Crippen LogP contribution in [-0.4, -0.2) is 17.9 Å². The zero-order valence-electron chi connectivity index (χ0n) is 11.4. The lowest BCUT2D eigenvalue weighted by Gasteiger charge is -2.06. The van der Waals surface area contributed by atoms with Crippen molar-refractivity contribution in [2.45, 2.75) is 0 Å². The Labute approximate surface area is 121 Å². The molecular formula is C17H12N2O2. The van der Waals surface area contributed by atoms with Crippen molar-refractivity contribution in [1.82, 2.24) is 4.98 Å². The number of methoxy groups -OCH3 is 1. The van der Waals surface area contributed by atoms with Gasteiger partial charge in [0.1, 0.15) is 5.75 Å². The van der Waals surface area contributed by atoms with E-state index in [1.54, 1.807) is 36.5 Å². The molecule has 0 unspecified atom stereocenters. The van der Waals surface area contributed by atoms with Crippen LogP contribution in [0, 0.1) is 11.3 Å². The average Bonchev–Trinajstić information content (AvgIpc) is 2.98. The summed E-state index contributed by atoms with van der Waals surface area (Å²) in [5, 5.41) is 9.88. The van der Waals surface area contributed by atoms with E-state index in [1.165, 1.54) is 7.11 Å². The summed E-state index contributed by atoms with van der Waals surface area (Å²) in [6.45, 7) is 0. The van der Waals surface area contributed by atoms with Gasteiger partial charge in [-0.1, -0.05) is 18.2 Å². The first-order chi connectivity index (χ1) is 10.3. The van der Waals surface area contributed by atoms with Gasteiger partial charge in [-0.15, -0.1) is 0 Å². The Bertz CT molecular complexity index is 872. The van der Waals surface area contributed by atoms with Gasteiger partial charge in [-0.2, -0.15) is 5.26 Å². The van der Waals surface area contributed by atoms with Crippen LogP contribution in [0.25, 0.3) is 10.9 Å². The molecule has 0 amide bonds. The molecule has 0 aliphatic rings. The fraction of sp³-hybridized carbons (Fsp3) is 0.0588. The summed E-state index contributed by atoms with van der Waals surface area (Å²) in [4.78, 5) is 15.8. The number of hydrogen-bond acceptors (Lipinski definition) is 3. The van der Waals surface area contributed by atoms with Crippen molar-refractivity contribution in [2.24, 2.45) is 0 Å². The molecule has 1 aromatic heterocycles. The molecule has 0 radical (unpaired) electrons. The summed E-state index contributed by atoms with van der Waals surface area (Å²) in [7, 11) is 1.53. The first kappa shape index (κ1) is 12.9. The van der Waals surface area contributed by atoms with Gasteiger partial charge in [0.25, 0.3) is 0 Å². The van der Waals surface area contributed by atoms with Gasteiger partial charge in [0.2, 0.25) is 0 Å². The fourth-order valence-corrected chi connectivity index (χ4v) is 2.43. The lowest BCUT2D eigenvalue weighted by Crippen LogP contribution is -2.03. The first-order valence-corrected chi connectivity index (χ1v) is 6.44. The van der Waals surface area contributed by atoms with E-state index in [2.05, 4.69) is 11.1 Å². The molecular weight excluding hydrogens is 264 g/mol. The van der Waals surface area contributed by atoms with Gasteiger partial charge in [-0.3, -0.25) is 4.79 Å². The maximum atomic E-state index is 12.8. The van der Waals surface area contributed by atoms with Gasteiger partial charge in [0.15, 0.2) is 5.78 Å². The van der Waals surface area contributed by atoms with Crippen LogP contribution < -0.4 is 4.74 Å². The van der Waals surface area contributed by atoms with Crippen LogP contribution in [0.5, 0.6) is 5.75 Å². The third kappa shape index (κ3) is 2.05. The Kier molecular flexibility index (Phi) is 3.17. The molecule has 4 heteroatoms. The molecule has 0 spiro atoms. The Hall–Kier alpha value is -3.06. The molecule has 0 saturated carbocycles. The van der Waals surface area contributed by atoms with Crippen molar-refractivity contribution < 1.29 is 9.53 Å². The maximum Gasteiger partial charge on any atom is 0.198 e. The second-order valence-electron chi connectivity index (χ2n) is 4.57. The van der Waals surface area contributed by atoms with Crippen molar-refractivity contribution in [1.29, 1.82) is 5.26 Å². The Morgan fingerprint density at radius 2 is 1.95 bits per heavy atom. The van der Waals surface area contributed by atoms with Crippen molar-refractivity contribution in [2.75, 3.05) is 7.11 Å². The van der Waals surface area contributed by atoms with Crippen molar-refractivity contribution in [3.8, 4) is 11.8 Å². The predicted molar refractivity (Wildman–Crippen MR) is 79.4 cm³/mol. The number of carbonyl (C=O) groups excluding carboxylic acids is 1. The highest BCUT2D eigenvalue weighted by atomic mass is 16.5. The zero-order valence-corrected chi connectivity index (χ0v) is 11.4. The zero-order chi connectivity index (χ0) is 14.8. The second-order valence-corrected chi connectivity index (χ2v) is 4.57. The maximum absolute atomic E-state index is 12.8. The molecule has 0 bridgehead atoms. The highest BCUT2D eigenvalue weighted by molar-refractivity contribution is 6.18. The molecule has 2 aromatic carbocycles. The number of carbonyl (C=O) groups is 1. The number of hydrogen-bond donors (Lipinski definition) is 1. The van der Waals surface area contributed by atoms with E-state index in [0.717, 1.165) is 5.52 Å². The molecule has 0 saturated heterocycles. The van der Waals surface area contributed by atoms with E-state index >= 15 is 0 Å². The number of aromatic amines is 1. The van der Waals surface area contributed by atoms with Crippen LogP contribution in [0.4, 0.5) is 0 Å². The van der Waals surface area contributed by atoms with Crippen LogP contribution in [0.2, 0.25) is 0 Å². The molecule has 0 aliphatic carbocycles. The SMILES string of the molecule is COc1ccccc1C(=O)c1c[nH]c2cccc(C#N)c12. The molecule has 1 N–H and O–H groups in total. The lowest BCUT2D eigenvalue weighted by atomic mass is 9.99. The normalized spacial score (nSPS) is 10.3. The molecule has 0 atom stereocenters. The van der Waals surface area contributed by atoms with Crippen LogP contribution in [0.3, 0.4) is 0 Å². The lowest BCUT2D eigenvalue weighted by molar-refractivity contribution is 0.103. The van der Waals surface area contributed by atoms with Crippen molar-refractivity contribution in [3.63, 3.8) is 0 Å². The molecule has 0 fully saturated rings. The largest absolute Gasteiger partial charge is 0.496 e. The molecule has 0 aliphatic heterocycles. The Balaban J connectivity index is 2.22. The number of ether oxygens (including phenoxy) is 1. The van der Waals surface area contributed by atoms with Crippen LogP contribution in [0.15, 0.2) is 48.7 Å². The minimum atomic E-state index is -0.165. The van der Waals surface area contributed by atoms with Gasteiger partial charge in [0, 0.05) is 22.7 Å². The standard InChI is InChI=1S/C17H12N2O2/c1-21-15-8-3-2-6-12(15)17(20)13-10-19-14-7-4-5-11(9-18)16(13)14/h2-8,10,19H,1H3. The van der Waals surface area contributed by atoms with E-state index in [9.17, 15) is 10.1 Å². The number of nitriles is 1. The number of nitrogens with zero attached hydrogens (tertiary/aromatic N) is 1. The van der Waals surface area contributed by atoms with E-state index in [-0.39, 0.29) is 5.78 Å². The Morgan fingerprint density at radius 3 is 2.71 bits per heavy atom. The van der Waals surface area contributed by atoms with Gasteiger partial charge < -0.3 is 9.72 Å². The third-order valence-electron chi connectivity index (χ3n) is 3.42. The number of benzene rings is 2. The van der Waals surface area contributed by atoms with Crippen LogP contribution >= 0.6 is 0 Å². The number of ketones is 1. The molecule has 3 rings (SSSR count). The summed E-state index contributed by atoms with van der Waals surface area (Å²) in [5.41, 5.74) is 2.21. The smallest absolute Gasteiger partial charge is 0.198 e. The van der Waals surface area contributed by atoms with Gasteiger partial charge >= 0.3 is 0 Å². The molecule has 102 valence electrons. The second kappa shape index (κ2) is 5.14. The van der Waals surface area contributed by atoms with Gasteiger partial charge in [0.05, 0.1) is 24.3 Å². The average molecular weight is 276 g/mol. The van der Waals surface area contributed by atoms with Gasteiger partial charge in [-0.25, -0.2) is 0 Å². The highest BCUT2D eigenvalue weighted by Gasteiger charge is 2.19. The molecule has 1 heterocycles. The van der Waals surface area contributed by atoms with Crippen LogP contribution in [0.1, 0.15) is 21.5 Å². The monoisotopic (exact) mass is 276 g/mol. The number of para-hydroxylation sites is 1. The molecule has 4 nitrogen and oxygen atoms in total. The van der Waals surface area contributed by atoms with E-state index in [0.29, 0.717) is 27.8 Å². The summed E-state index contributed by atoms with van der Waals surface area (Å²) < 4.78 is 5.24. The van der Waals surface area contributed by atoms with E-state index in [4.69, 9.17) is 4.74 Å². The highest BCUT2D eigenvalue weighted by Crippen LogP contribution is 2.27. The topological polar surface area (TPSA) is 65.9 Å². The number of H-pyrrole nitrogens is 1. The van der Waals surface area contributed by atoms with Crippen molar-refractivity contribution in [3.05, 3.63) is 65.4 Å². The fourth-order valence-electron chi connectivity index (χ4n) is 2.43. The summed E-state index contributed by atoms with van der Waals surface area (Å²) >= 11 is 0. The summed E-state index contributed by atoms with van der Waals surface area (Å²) in [6, 6.07) is 14.5. The van der Waals surface area contributed by atoms with Gasteiger partial charge in [-0.05, 0) is 24.3 Å². The first-order valence-electron chi connectivity index (χ1n) is 6.44. The van der Waals surface area contributed by atoms with Crippen molar-refractivity contribution >= 4 is 16.7 Å².